The molecule has 21 heavy (non-hydrogen) atoms. The summed E-state index contributed by atoms with van der Waals surface area (Å²) in [5.41, 5.74) is 3.36. The second-order valence-corrected chi connectivity index (χ2v) is 8.06. The fraction of sp³-hybridized carbons (Fsp3) is 0.188. The van der Waals surface area contributed by atoms with E-state index in [1.54, 1.807) is 11.3 Å². The summed E-state index contributed by atoms with van der Waals surface area (Å²) in [4.78, 5) is 7.16. The molecule has 1 aromatic carbocycles. The highest BCUT2D eigenvalue weighted by Gasteiger charge is 2.04. The van der Waals surface area contributed by atoms with Crippen LogP contribution in [-0.4, -0.2) is 4.98 Å². The molecule has 0 aliphatic carbocycles. The predicted molar refractivity (Wildman–Crippen MR) is 96.4 cm³/mol. The first-order chi connectivity index (χ1) is 10.1. The van der Waals surface area contributed by atoms with Crippen molar-refractivity contribution in [3.05, 3.63) is 54.9 Å². The van der Waals surface area contributed by atoms with E-state index in [-0.39, 0.29) is 0 Å². The maximum atomic E-state index is 4.51. The minimum Gasteiger partial charge on any atom is -0.380 e. The van der Waals surface area contributed by atoms with Gasteiger partial charge in [0, 0.05) is 37.4 Å². The molecular weight excluding hydrogens is 364 g/mol. The van der Waals surface area contributed by atoms with Gasteiger partial charge in [0.1, 0.15) is 0 Å². The van der Waals surface area contributed by atoms with Gasteiger partial charge in [-0.15, -0.1) is 22.7 Å². The van der Waals surface area contributed by atoms with E-state index in [1.165, 1.54) is 19.8 Å². The number of anilines is 1. The van der Waals surface area contributed by atoms with Crippen LogP contribution >= 0.6 is 38.6 Å². The summed E-state index contributed by atoms with van der Waals surface area (Å²) in [6, 6.07) is 10.6. The van der Waals surface area contributed by atoms with E-state index < -0.39 is 0 Å². The molecule has 0 unspecified atom stereocenters. The number of hydrogen-bond donors (Lipinski definition) is 1. The monoisotopic (exact) mass is 378 g/mol. The second kappa shape index (κ2) is 6.30. The SMILES string of the molecule is Cc1nc(-c2ccc(NCc3cc(Br)c(C)s3)cc2)cs1. The van der Waals surface area contributed by atoms with E-state index in [2.05, 4.69) is 68.9 Å². The summed E-state index contributed by atoms with van der Waals surface area (Å²) in [5, 5.41) is 6.66. The van der Waals surface area contributed by atoms with Crippen molar-refractivity contribution < 1.29 is 0 Å². The molecule has 5 heteroatoms. The van der Waals surface area contributed by atoms with Gasteiger partial charge in [0.2, 0.25) is 0 Å². The zero-order valence-corrected chi connectivity index (χ0v) is 15.0. The lowest BCUT2D eigenvalue weighted by molar-refractivity contribution is 1.19. The van der Waals surface area contributed by atoms with Gasteiger partial charge in [-0.3, -0.25) is 0 Å². The van der Waals surface area contributed by atoms with Crippen LogP contribution < -0.4 is 5.32 Å². The Balaban J connectivity index is 1.67. The van der Waals surface area contributed by atoms with Gasteiger partial charge in [-0.2, -0.15) is 0 Å². The molecule has 3 rings (SSSR count). The summed E-state index contributed by atoms with van der Waals surface area (Å²) in [6.07, 6.45) is 0. The molecule has 0 aliphatic heterocycles. The van der Waals surface area contributed by atoms with Gasteiger partial charge in [0.05, 0.1) is 10.7 Å². The minimum atomic E-state index is 0.853. The van der Waals surface area contributed by atoms with Crippen molar-refractivity contribution in [2.45, 2.75) is 20.4 Å². The fourth-order valence-electron chi connectivity index (χ4n) is 2.05. The summed E-state index contributed by atoms with van der Waals surface area (Å²) in [5.74, 6) is 0. The van der Waals surface area contributed by atoms with Crippen molar-refractivity contribution in [2.24, 2.45) is 0 Å². The normalized spacial score (nSPS) is 10.8. The number of rotatable bonds is 4. The van der Waals surface area contributed by atoms with Gasteiger partial charge in [-0.1, -0.05) is 12.1 Å². The van der Waals surface area contributed by atoms with Crippen LogP contribution in [0.3, 0.4) is 0 Å². The molecule has 3 aromatic rings. The van der Waals surface area contributed by atoms with Gasteiger partial charge < -0.3 is 5.32 Å². The van der Waals surface area contributed by atoms with Crippen LogP contribution in [-0.2, 0) is 6.54 Å². The van der Waals surface area contributed by atoms with Gasteiger partial charge in [-0.25, -0.2) is 4.98 Å². The standard InChI is InChI=1S/C16H15BrN2S2/c1-10-15(17)7-14(21-10)8-18-13-5-3-12(4-6-13)16-9-20-11(2)19-16/h3-7,9,18H,8H2,1-2H3. The molecule has 1 N–H and O–H groups in total. The highest BCUT2D eigenvalue weighted by atomic mass is 79.9. The van der Waals surface area contributed by atoms with Crippen molar-refractivity contribution in [1.29, 1.82) is 0 Å². The van der Waals surface area contributed by atoms with Crippen LogP contribution in [0.25, 0.3) is 11.3 Å². The lowest BCUT2D eigenvalue weighted by Gasteiger charge is -2.05. The number of thiophene rings is 1. The molecule has 2 heterocycles. The molecule has 0 fully saturated rings. The Labute approximate surface area is 141 Å². The quantitative estimate of drug-likeness (QED) is 0.614. The lowest BCUT2D eigenvalue weighted by Crippen LogP contribution is -1.96. The Kier molecular flexibility index (Phi) is 4.42. The van der Waals surface area contributed by atoms with E-state index in [0.29, 0.717) is 0 Å². The molecular formula is C16H15BrN2S2. The van der Waals surface area contributed by atoms with Crippen molar-refractivity contribution in [1.82, 2.24) is 4.98 Å². The minimum absolute atomic E-state index is 0.853. The van der Waals surface area contributed by atoms with Gasteiger partial charge >= 0.3 is 0 Å². The topological polar surface area (TPSA) is 24.9 Å². The maximum absolute atomic E-state index is 4.51. The van der Waals surface area contributed by atoms with E-state index in [0.717, 1.165) is 22.9 Å². The van der Waals surface area contributed by atoms with Crippen LogP contribution in [0.2, 0.25) is 0 Å². The van der Waals surface area contributed by atoms with Crippen molar-refractivity contribution in [2.75, 3.05) is 5.32 Å². The zero-order valence-electron chi connectivity index (χ0n) is 11.8. The number of aryl methyl sites for hydroxylation is 2. The Hall–Kier alpha value is -1.17. The average Bonchev–Trinajstić information content (AvgIpc) is 3.04. The smallest absolute Gasteiger partial charge is 0.0901 e. The Morgan fingerprint density at radius 3 is 2.52 bits per heavy atom. The lowest BCUT2D eigenvalue weighted by atomic mass is 10.1. The highest BCUT2D eigenvalue weighted by Crippen LogP contribution is 2.27. The molecule has 0 spiro atoms. The number of thiazole rings is 1. The number of hydrogen-bond acceptors (Lipinski definition) is 4. The summed E-state index contributed by atoms with van der Waals surface area (Å²) in [6.45, 7) is 5.01. The Bertz CT molecular complexity index is 724. The molecule has 2 aromatic heterocycles. The fourth-order valence-corrected chi connectivity index (χ4v) is 4.21. The predicted octanol–water partition coefficient (Wildman–Crippen LogP) is 5.86. The Morgan fingerprint density at radius 2 is 1.95 bits per heavy atom. The third kappa shape index (κ3) is 3.54. The summed E-state index contributed by atoms with van der Waals surface area (Å²) in [7, 11) is 0. The summed E-state index contributed by atoms with van der Waals surface area (Å²) >= 11 is 7.06. The summed E-state index contributed by atoms with van der Waals surface area (Å²) < 4.78 is 1.19. The van der Waals surface area contributed by atoms with Gasteiger partial charge in [0.15, 0.2) is 0 Å². The number of benzene rings is 1. The Morgan fingerprint density at radius 1 is 1.19 bits per heavy atom. The number of halogens is 1. The van der Waals surface area contributed by atoms with Crippen LogP contribution in [0.1, 0.15) is 14.8 Å². The molecule has 0 aliphatic rings. The highest BCUT2D eigenvalue weighted by molar-refractivity contribution is 9.10. The van der Waals surface area contributed by atoms with Crippen LogP contribution in [0.4, 0.5) is 5.69 Å². The van der Waals surface area contributed by atoms with Crippen LogP contribution in [0, 0.1) is 13.8 Å². The molecule has 2 nitrogen and oxygen atoms in total. The third-order valence-electron chi connectivity index (χ3n) is 3.17. The molecule has 0 saturated heterocycles. The molecule has 0 bridgehead atoms. The molecule has 0 saturated carbocycles. The number of aromatic nitrogens is 1. The van der Waals surface area contributed by atoms with Crippen LogP contribution in [0.15, 0.2) is 40.2 Å². The zero-order chi connectivity index (χ0) is 14.8. The van der Waals surface area contributed by atoms with Gasteiger partial charge in [0.25, 0.3) is 0 Å². The van der Waals surface area contributed by atoms with E-state index in [9.17, 15) is 0 Å². The van der Waals surface area contributed by atoms with Crippen molar-refractivity contribution in [3.8, 4) is 11.3 Å². The largest absolute Gasteiger partial charge is 0.380 e. The molecule has 0 radical (unpaired) electrons. The second-order valence-electron chi connectivity index (χ2n) is 4.80. The molecule has 0 amide bonds. The molecule has 0 atom stereocenters. The first-order valence-corrected chi connectivity index (χ1v) is 9.12. The first-order valence-electron chi connectivity index (χ1n) is 6.63. The molecule has 108 valence electrons. The van der Waals surface area contributed by atoms with Crippen molar-refractivity contribution >= 4 is 44.3 Å². The number of nitrogens with zero attached hydrogens (tertiary/aromatic N) is 1. The van der Waals surface area contributed by atoms with E-state index >= 15 is 0 Å². The van der Waals surface area contributed by atoms with Crippen molar-refractivity contribution in [3.63, 3.8) is 0 Å². The number of nitrogens with one attached hydrogen (secondary N) is 1. The third-order valence-corrected chi connectivity index (χ3v) is 6.08. The van der Waals surface area contributed by atoms with E-state index in [1.807, 2.05) is 18.3 Å². The van der Waals surface area contributed by atoms with E-state index in [4.69, 9.17) is 0 Å². The average molecular weight is 379 g/mol. The van der Waals surface area contributed by atoms with Crippen LogP contribution in [0.5, 0.6) is 0 Å². The van der Waals surface area contributed by atoms with Gasteiger partial charge in [-0.05, 0) is 48.0 Å². The first kappa shape index (κ1) is 14.8. The maximum Gasteiger partial charge on any atom is 0.0901 e.